The first kappa shape index (κ1) is 20.8. The minimum atomic E-state index is -3.60. The molecule has 4 rings (SSSR count). The third-order valence-electron chi connectivity index (χ3n) is 6.13. The van der Waals surface area contributed by atoms with Crippen LogP contribution in [0.4, 0.5) is 9.18 Å². The highest BCUT2D eigenvalue weighted by Crippen LogP contribution is 2.28. The van der Waals surface area contributed by atoms with Crippen molar-refractivity contribution in [3.05, 3.63) is 41.7 Å². The van der Waals surface area contributed by atoms with Gasteiger partial charge in [-0.25, -0.2) is 17.6 Å². The van der Waals surface area contributed by atoms with Gasteiger partial charge >= 0.3 is 6.03 Å². The summed E-state index contributed by atoms with van der Waals surface area (Å²) in [5, 5.41) is 7.57. The van der Waals surface area contributed by atoms with Gasteiger partial charge in [-0.05, 0) is 57.4 Å². The zero-order valence-electron chi connectivity index (χ0n) is 17.2. The molecule has 1 aromatic carbocycles. The van der Waals surface area contributed by atoms with Crippen molar-refractivity contribution in [2.75, 3.05) is 26.2 Å². The van der Waals surface area contributed by atoms with Crippen molar-refractivity contribution in [2.45, 2.75) is 49.3 Å². The molecule has 8 nitrogen and oxygen atoms in total. The normalized spacial score (nSPS) is 20.7. The molecule has 0 aliphatic carbocycles. The summed E-state index contributed by atoms with van der Waals surface area (Å²) in [7, 11) is -3.60. The topological polar surface area (TPSA) is 88.4 Å². The lowest BCUT2D eigenvalue weighted by molar-refractivity contribution is 0.141. The maximum Gasteiger partial charge on any atom is 0.320 e. The zero-order valence-corrected chi connectivity index (χ0v) is 18.0. The molecular formula is C20H26FN5O3S. The third kappa shape index (κ3) is 3.80. The van der Waals surface area contributed by atoms with Gasteiger partial charge in [0.2, 0.25) is 0 Å². The van der Waals surface area contributed by atoms with E-state index < -0.39 is 20.9 Å². The van der Waals surface area contributed by atoms with Crippen molar-refractivity contribution in [1.29, 1.82) is 0 Å². The van der Waals surface area contributed by atoms with Gasteiger partial charge in [0.25, 0.3) is 0 Å². The lowest BCUT2D eigenvalue weighted by Crippen LogP contribution is -2.46. The first-order valence-corrected chi connectivity index (χ1v) is 11.7. The van der Waals surface area contributed by atoms with E-state index in [0.29, 0.717) is 26.1 Å². The Bertz CT molecular complexity index is 1010. The number of sulfone groups is 1. The average molecular weight is 436 g/mol. The van der Waals surface area contributed by atoms with E-state index in [1.807, 2.05) is 13.8 Å². The summed E-state index contributed by atoms with van der Waals surface area (Å²) in [6.45, 7) is 5.68. The highest BCUT2D eigenvalue weighted by molar-refractivity contribution is 7.92. The van der Waals surface area contributed by atoms with Gasteiger partial charge in [0.05, 0.1) is 10.1 Å². The van der Waals surface area contributed by atoms with Gasteiger partial charge in [-0.3, -0.25) is 0 Å². The number of likely N-dealkylation sites (tertiary alicyclic amines) is 2. The predicted octanol–water partition coefficient (Wildman–Crippen LogP) is 2.34. The number of rotatable bonds is 3. The van der Waals surface area contributed by atoms with Gasteiger partial charge in [-0.15, -0.1) is 10.2 Å². The lowest BCUT2D eigenvalue weighted by atomic mass is 10.0. The second kappa shape index (κ2) is 7.98. The van der Waals surface area contributed by atoms with Crippen molar-refractivity contribution in [1.82, 2.24) is 24.6 Å². The van der Waals surface area contributed by atoms with Crippen molar-refractivity contribution in [3.63, 3.8) is 0 Å². The fraction of sp³-hybridized carbons (Fsp3) is 0.550. The summed E-state index contributed by atoms with van der Waals surface area (Å²) in [5.41, 5.74) is 0. The number of hydrogen-bond donors (Lipinski definition) is 0. The lowest BCUT2D eigenvalue weighted by Gasteiger charge is -2.35. The smallest absolute Gasteiger partial charge is 0.320 e. The van der Waals surface area contributed by atoms with E-state index in [0.717, 1.165) is 36.6 Å². The van der Waals surface area contributed by atoms with E-state index >= 15 is 0 Å². The van der Waals surface area contributed by atoms with Gasteiger partial charge in [0.1, 0.15) is 17.5 Å². The third-order valence-corrected chi connectivity index (χ3v) is 8.33. The molecule has 2 amide bonds. The van der Waals surface area contributed by atoms with Crippen LogP contribution in [0.1, 0.15) is 37.0 Å². The van der Waals surface area contributed by atoms with Crippen LogP contribution in [0.15, 0.2) is 29.2 Å². The van der Waals surface area contributed by atoms with E-state index in [1.54, 1.807) is 9.80 Å². The first-order valence-electron chi connectivity index (χ1n) is 10.2. The molecule has 2 aromatic rings. The zero-order chi connectivity index (χ0) is 21.5. The van der Waals surface area contributed by atoms with E-state index in [4.69, 9.17) is 0 Å². The minimum absolute atomic E-state index is 0.101. The second-order valence-corrected chi connectivity index (χ2v) is 10.2. The van der Waals surface area contributed by atoms with Gasteiger partial charge in [0.15, 0.2) is 9.84 Å². The highest BCUT2D eigenvalue weighted by atomic mass is 32.2. The van der Waals surface area contributed by atoms with E-state index in [1.165, 1.54) is 12.1 Å². The van der Waals surface area contributed by atoms with Crippen molar-refractivity contribution in [2.24, 2.45) is 0 Å². The van der Waals surface area contributed by atoms with Crippen LogP contribution < -0.4 is 0 Å². The van der Waals surface area contributed by atoms with E-state index in [2.05, 4.69) is 14.8 Å². The number of amides is 2. The molecule has 2 aliphatic rings. The van der Waals surface area contributed by atoms with Crippen LogP contribution in [0, 0.1) is 19.7 Å². The fourth-order valence-electron chi connectivity index (χ4n) is 4.49. The number of hydrogen-bond acceptors (Lipinski definition) is 5. The van der Waals surface area contributed by atoms with Crippen LogP contribution >= 0.6 is 0 Å². The Kier molecular flexibility index (Phi) is 5.52. The number of aromatic nitrogens is 3. The molecule has 1 aromatic heterocycles. The number of piperidine rings is 1. The predicted molar refractivity (Wildman–Crippen MR) is 108 cm³/mol. The monoisotopic (exact) mass is 435 g/mol. The summed E-state index contributed by atoms with van der Waals surface area (Å²) in [4.78, 5) is 16.5. The Balaban J connectivity index is 1.37. The highest BCUT2D eigenvalue weighted by Gasteiger charge is 2.38. The largest absolute Gasteiger partial charge is 0.324 e. The van der Waals surface area contributed by atoms with Crippen LogP contribution in [-0.4, -0.2) is 70.4 Å². The molecule has 0 saturated carbocycles. The maximum absolute atomic E-state index is 13.1. The molecular weight excluding hydrogens is 409 g/mol. The number of halogens is 1. The molecule has 1 atom stereocenters. The summed E-state index contributed by atoms with van der Waals surface area (Å²) in [5.74, 6) is 1.29. The molecule has 2 aliphatic heterocycles. The Morgan fingerprint density at radius 2 is 1.53 bits per heavy atom. The number of aryl methyl sites for hydroxylation is 2. The number of carbonyl (C=O) groups is 1. The van der Waals surface area contributed by atoms with Gasteiger partial charge in [0, 0.05) is 32.2 Å². The van der Waals surface area contributed by atoms with Crippen LogP contribution in [0.5, 0.6) is 0 Å². The quantitative estimate of drug-likeness (QED) is 0.691. The van der Waals surface area contributed by atoms with Crippen LogP contribution in [0.2, 0.25) is 0 Å². The summed E-state index contributed by atoms with van der Waals surface area (Å²) in [6, 6.07) is 5.03. The number of carbonyl (C=O) groups excluding carboxylic acids is 1. The van der Waals surface area contributed by atoms with Crippen molar-refractivity contribution < 1.29 is 17.6 Å². The number of urea groups is 1. The van der Waals surface area contributed by atoms with Crippen LogP contribution in [0.3, 0.4) is 0 Å². The Labute approximate surface area is 175 Å². The molecule has 0 spiro atoms. The van der Waals surface area contributed by atoms with E-state index in [-0.39, 0.29) is 23.5 Å². The molecule has 2 saturated heterocycles. The molecule has 1 unspecified atom stereocenters. The summed E-state index contributed by atoms with van der Waals surface area (Å²) in [6.07, 6.45) is 2.02. The van der Waals surface area contributed by atoms with E-state index in [9.17, 15) is 17.6 Å². The average Bonchev–Trinajstić information content (AvgIpc) is 3.35. The molecule has 0 bridgehead atoms. The van der Waals surface area contributed by atoms with Gasteiger partial charge < -0.3 is 14.4 Å². The molecule has 10 heteroatoms. The second-order valence-electron chi connectivity index (χ2n) is 8.02. The minimum Gasteiger partial charge on any atom is -0.324 e. The SMILES string of the molecule is Cc1nnc(C)n1C1CCN(C(=O)N2CCC(S(=O)(=O)c3ccc(F)cc3)C2)CC1. The van der Waals surface area contributed by atoms with Crippen LogP contribution in [-0.2, 0) is 9.84 Å². The maximum atomic E-state index is 13.1. The van der Waals surface area contributed by atoms with Gasteiger partial charge in [-0.2, -0.15) is 0 Å². The fourth-order valence-corrected chi connectivity index (χ4v) is 6.18. The van der Waals surface area contributed by atoms with Crippen molar-refractivity contribution >= 4 is 15.9 Å². The molecule has 0 radical (unpaired) electrons. The van der Waals surface area contributed by atoms with Gasteiger partial charge in [-0.1, -0.05) is 0 Å². The Morgan fingerprint density at radius 1 is 0.967 bits per heavy atom. The first-order chi connectivity index (χ1) is 14.3. The number of benzene rings is 1. The number of nitrogens with zero attached hydrogens (tertiary/aromatic N) is 5. The molecule has 30 heavy (non-hydrogen) atoms. The summed E-state index contributed by atoms with van der Waals surface area (Å²) < 4.78 is 40.9. The van der Waals surface area contributed by atoms with Crippen LogP contribution in [0.25, 0.3) is 0 Å². The molecule has 3 heterocycles. The Morgan fingerprint density at radius 3 is 2.13 bits per heavy atom. The van der Waals surface area contributed by atoms with Crippen molar-refractivity contribution in [3.8, 4) is 0 Å². The summed E-state index contributed by atoms with van der Waals surface area (Å²) >= 11 is 0. The molecule has 2 fully saturated rings. The Hall–Kier alpha value is -2.49. The standard InChI is InChI=1S/C20H26FN5O3S/c1-14-22-23-15(2)26(14)17-7-10-24(11-8-17)20(27)25-12-9-19(13-25)30(28,29)18-5-3-16(21)4-6-18/h3-6,17,19H,7-13H2,1-2H3. The molecule has 162 valence electrons. The molecule has 0 N–H and O–H groups in total.